The highest BCUT2D eigenvalue weighted by Crippen LogP contribution is 2.29. The van der Waals surface area contributed by atoms with Gasteiger partial charge in [0, 0.05) is 19.7 Å². The lowest BCUT2D eigenvalue weighted by molar-refractivity contribution is 0.0827. The molecule has 0 aliphatic heterocycles. The van der Waals surface area contributed by atoms with E-state index in [-0.39, 0.29) is 5.91 Å². The van der Waals surface area contributed by atoms with Gasteiger partial charge in [0.05, 0.1) is 5.69 Å². The number of nitrogen functional groups attached to an aromatic ring is 1. The van der Waals surface area contributed by atoms with Crippen LogP contribution < -0.4 is 10.5 Å². The van der Waals surface area contributed by atoms with Crippen LogP contribution in [0.1, 0.15) is 22.8 Å². The summed E-state index contributed by atoms with van der Waals surface area (Å²) < 4.78 is 5.78. The van der Waals surface area contributed by atoms with Crippen molar-refractivity contribution in [1.29, 1.82) is 0 Å². The van der Waals surface area contributed by atoms with Crippen LogP contribution in [0.15, 0.2) is 42.5 Å². The van der Waals surface area contributed by atoms with E-state index in [0.717, 1.165) is 6.42 Å². The molecule has 0 heterocycles. The number of ether oxygens (including phenoxy) is 1. The average molecular weight is 284 g/mol. The van der Waals surface area contributed by atoms with E-state index < -0.39 is 0 Å². The monoisotopic (exact) mass is 284 g/mol. The molecule has 21 heavy (non-hydrogen) atoms. The molecule has 1 amide bonds. The Hall–Kier alpha value is -2.49. The van der Waals surface area contributed by atoms with Crippen LogP contribution in [0.5, 0.6) is 11.5 Å². The van der Waals surface area contributed by atoms with Crippen molar-refractivity contribution < 1.29 is 9.53 Å². The van der Waals surface area contributed by atoms with Gasteiger partial charge in [0.15, 0.2) is 5.75 Å². The fourth-order valence-corrected chi connectivity index (χ4v) is 1.93. The number of carbonyl (C=O) groups excluding carboxylic acids is 1. The first-order chi connectivity index (χ1) is 10.0. The Kier molecular flexibility index (Phi) is 4.48. The second-order valence-electron chi connectivity index (χ2n) is 5.05. The summed E-state index contributed by atoms with van der Waals surface area (Å²) in [5, 5.41) is 0. The molecule has 0 unspecified atom stereocenters. The zero-order valence-electron chi connectivity index (χ0n) is 12.6. The summed E-state index contributed by atoms with van der Waals surface area (Å²) in [5.74, 6) is 1.11. The molecule has 0 aliphatic carbocycles. The molecule has 2 aromatic carbocycles. The number of nitrogens with zero attached hydrogens (tertiary/aromatic N) is 1. The molecule has 110 valence electrons. The molecule has 2 N–H and O–H groups in total. The van der Waals surface area contributed by atoms with Crippen LogP contribution in [0.4, 0.5) is 5.69 Å². The number of rotatable bonds is 4. The average Bonchev–Trinajstić information content (AvgIpc) is 2.49. The van der Waals surface area contributed by atoms with Crippen molar-refractivity contribution in [3.8, 4) is 11.5 Å². The van der Waals surface area contributed by atoms with Gasteiger partial charge in [0.1, 0.15) is 5.75 Å². The molecule has 0 bridgehead atoms. The van der Waals surface area contributed by atoms with E-state index in [9.17, 15) is 4.79 Å². The van der Waals surface area contributed by atoms with E-state index in [1.165, 1.54) is 10.5 Å². The van der Waals surface area contributed by atoms with Crippen LogP contribution in [-0.2, 0) is 6.42 Å². The van der Waals surface area contributed by atoms with Gasteiger partial charge in [-0.05, 0) is 42.3 Å². The van der Waals surface area contributed by atoms with Crippen molar-refractivity contribution in [3.63, 3.8) is 0 Å². The maximum absolute atomic E-state index is 12.0. The Balaban J connectivity index is 2.26. The van der Waals surface area contributed by atoms with Gasteiger partial charge in [-0.2, -0.15) is 0 Å². The molecule has 2 aromatic rings. The standard InChI is InChI=1S/C17H20N2O2/c1-4-12-5-8-14(9-6-12)21-16-11-13(7-10-15(16)18)17(20)19(2)3/h5-11H,4,18H2,1-3H3. The third-order valence-corrected chi connectivity index (χ3v) is 3.23. The topological polar surface area (TPSA) is 55.6 Å². The van der Waals surface area contributed by atoms with Crippen LogP contribution in [0.25, 0.3) is 0 Å². The van der Waals surface area contributed by atoms with E-state index in [4.69, 9.17) is 10.5 Å². The summed E-state index contributed by atoms with van der Waals surface area (Å²) in [4.78, 5) is 13.5. The van der Waals surface area contributed by atoms with Gasteiger partial charge in [-0.15, -0.1) is 0 Å². The van der Waals surface area contributed by atoms with Crippen LogP contribution in [0.3, 0.4) is 0 Å². The third kappa shape index (κ3) is 3.54. The number of aryl methyl sites for hydroxylation is 1. The molecule has 0 fully saturated rings. The summed E-state index contributed by atoms with van der Waals surface area (Å²) in [6.45, 7) is 2.10. The normalized spacial score (nSPS) is 10.2. The number of hydrogen-bond donors (Lipinski definition) is 1. The van der Waals surface area contributed by atoms with Gasteiger partial charge in [-0.3, -0.25) is 4.79 Å². The largest absolute Gasteiger partial charge is 0.455 e. The Morgan fingerprint density at radius 1 is 1.14 bits per heavy atom. The number of amides is 1. The van der Waals surface area contributed by atoms with Crippen LogP contribution in [0, 0.1) is 0 Å². The maximum Gasteiger partial charge on any atom is 0.253 e. The number of hydrogen-bond acceptors (Lipinski definition) is 3. The van der Waals surface area contributed by atoms with Crippen LogP contribution in [-0.4, -0.2) is 24.9 Å². The van der Waals surface area contributed by atoms with Crippen molar-refractivity contribution in [2.75, 3.05) is 19.8 Å². The number of carbonyl (C=O) groups is 1. The van der Waals surface area contributed by atoms with Crippen molar-refractivity contribution in [2.24, 2.45) is 0 Å². The van der Waals surface area contributed by atoms with Gasteiger partial charge in [0.25, 0.3) is 5.91 Å². The highest BCUT2D eigenvalue weighted by molar-refractivity contribution is 5.94. The molecular formula is C17H20N2O2. The quantitative estimate of drug-likeness (QED) is 0.876. The predicted octanol–water partition coefficient (Wildman–Crippen LogP) is 3.33. The van der Waals surface area contributed by atoms with Crippen molar-refractivity contribution in [3.05, 3.63) is 53.6 Å². The Bertz CT molecular complexity index is 634. The summed E-state index contributed by atoms with van der Waals surface area (Å²) in [5.41, 5.74) is 8.22. The summed E-state index contributed by atoms with van der Waals surface area (Å²) >= 11 is 0. The smallest absolute Gasteiger partial charge is 0.253 e. The van der Waals surface area contributed by atoms with Gasteiger partial charge in [0.2, 0.25) is 0 Å². The first-order valence-electron chi connectivity index (χ1n) is 6.89. The van der Waals surface area contributed by atoms with Crippen molar-refractivity contribution >= 4 is 11.6 Å². The molecule has 0 atom stereocenters. The van der Waals surface area contributed by atoms with Gasteiger partial charge < -0.3 is 15.4 Å². The fourth-order valence-electron chi connectivity index (χ4n) is 1.93. The summed E-state index contributed by atoms with van der Waals surface area (Å²) in [7, 11) is 3.42. The minimum atomic E-state index is -0.0822. The summed E-state index contributed by atoms with van der Waals surface area (Å²) in [6, 6.07) is 12.9. The highest BCUT2D eigenvalue weighted by Gasteiger charge is 2.11. The molecule has 0 saturated carbocycles. The Labute approximate surface area is 125 Å². The molecule has 0 aliphatic rings. The van der Waals surface area contributed by atoms with Crippen molar-refractivity contribution in [1.82, 2.24) is 4.90 Å². The first kappa shape index (κ1) is 14.9. The van der Waals surface area contributed by atoms with Crippen molar-refractivity contribution in [2.45, 2.75) is 13.3 Å². The molecule has 0 spiro atoms. The predicted molar refractivity (Wildman–Crippen MR) is 84.8 cm³/mol. The summed E-state index contributed by atoms with van der Waals surface area (Å²) in [6.07, 6.45) is 0.981. The Morgan fingerprint density at radius 3 is 2.38 bits per heavy atom. The van der Waals surface area contributed by atoms with E-state index >= 15 is 0 Å². The number of benzene rings is 2. The highest BCUT2D eigenvalue weighted by atomic mass is 16.5. The Morgan fingerprint density at radius 2 is 1.81 bits per heavy atom. The van der Waals surface area contributed by atoms with Crippen LogP contribution >= 0.6 is 0 Å². The zero-order valence-corrected chi connectivity index (χ0v) is 12.6. The first-order valence-corrected chi connectivity index (χ1v) is 6.89. The molecule has 0 radical (unpaired) electrons. The lowest BCUT2D eigenvalue weighted by atomic mass is 10.1. The second kappa shape index (κ2) is 6.31. The maximum atomic E-state index is 12.0. The lowest BCUT2D eigenvalue weighted by Gasteiger charge is -2.13. The van der Waals surface area contributed by atoms with E-state index in [2.05, 4.69) is 6.92 Å². The minimum Gasteiger partial charge on any atom is -0.455 e. The molecule has 4 heteroatoms. The van der Waals surface area contributed by atoms with E-state index in [1.54, 1.807) is 32.3 Å². The molecule has 2 rings (SSSR count). The third-order valence-electron chi connectivity index (χ3n) is 3.23. The van der Waals surface area contributed by atoms with E-state index in [1.807, 2.05) is 24.3 Å². The minimum absolute atomic E-state index is 0.0822. The number of anilines is 1. The fraction of sp³-hybridized carbons (Fsp3) is 0.235. The molecule has 0 saturated heterocycles. The SMILES string of the molecule is CCc1ccc(Oc2cc(C(=O)N(C)C)ccc2N)cc1. The number of nitrogens with two attached hydrogens (primary N) is 1. The van der Waals surface area contributed by atoms with Crippen LogP contribution in [0.2, 0.25) is 0 Å². The van der Waals surface area contributed by atoms with E-state index in [0.29, 0.717) is 22.7 Å². The lowest BCUT2D eigenvalue weighted by Crippen LogP contribution is -2.21. The van der Waals surface area contributed by atoms with Gasteiger partial charge in [-0.25, -0.2) is 0 Å². The van der Waals surface area contributed by atoms with Gasteiger partial charge in [-0.1, -0.05) is 19.1 Å². The molecule has 4 nitrogen and oxygen atoms in total. The van der Waals surface area contributed by atoms with Gasteiger partial charge >= 0.3 is 0 Å². The molecule has 0 aromatic heterocycles. The molecular weight excluding hydrogens is 264 g/mol. The second-order valence-corrected chi connectivity index (χ2v) is 5.05. The zero-order chi connectivity index (χ0) is 15.4.